The Morgan fingerprint density at radius 1 is 1.36 bits per heavy atom. The highest BCUT2D eigenvalue weighted by Gasteiger charge is 2.31. The second-order valence-electron chi connectivity index (χ2n) is 5.53. The Hall–Kier alpha value is -2.35. The summed E-state index contributed by atoms with van der Waals surface area (Å²) in [5.41, 5.74) is 0.961. The number of anilines is 2. The van der Waals surface area contributed by atoms with Crippen LogP contribution in [0.3, 0.4) is 0 Å². The van der Waals surface area contributed by atoms with Gasteiger partial charge in [0.15, 0.2) is 0 Å². The molecule has 2 aromatic heterocycles. The van der Waals surface area contributed by atoms with Crippen molar-refractivity contribution in [2.45, 2.75) is 19.0 Å². The van der Waals surface area contributed by atoms with Crippen molar-refractivity contribution < 1.29 is 18.0 Å². The summed E-state index contributed by atoms with van der Waals surface area (Å²) in [7, 11) is 0. The van der Waals surface area contributed by atoms with Crippen LogP contribution in [0.15, 0.2) is 30.7 Å². The molecular formula is C16H14ClF3N4O. The third-order valence-corrected chi connectivity index (χ3v) is 4.16. The van der Waals surface area contributed by atoms with Gasteiger partial charge < -0.3 is 10.2 Å². The highest BCUT2D eigenvalue weighted by molar-refractivity contribution is 6.33. The molecule has 1 aliphatic rings. The molecule has 0 saturated heterocycles. The van der Waals surface area contributed by atoms with E-state index < -0.39 is 11.7 Å². The first kappa shape index (κ1) is 17.5. The molecule has 25 heavy (non-hydrogen) atoms. The van der Waals surface area contributed by atoms with Crippen molar-refractivity contribution in [1.82, 2.24) is 9.97 Å². The lowest BCUT2D eigenvalue weighted by Gasteiger charge is -2.17. The summed E-state index contributed by atoms with van der Waals surface area (Å²) in [5.74, 6) is 0.0361. The number of halogens is 4. The maximum Gasteiger partial charge on any atom is 0.417 e. The summed E-state index contributed by atoms with van der Waals surface area (Å²) in [5, 5.41) is 2.66. The van der Waals surface area contributed by atoms with Gasteiger partial charge in [-0.05, 0) is 24.1 Å². The van der Waals surface area contributed by atoms with E-state index in [1.54, 1.807) is 23.4 Å². The molecule has 5 nitrogen and oxygen atoms in total. The molecule has 3 rings (SSSR count). The molecule has 3 heterocycles. The number of hydrogen-bond donors (Lipinski definition) is 1. The average Bonchev–Trinajstić information content (AvgIpc) is 2.99. The van der Waals surface area contributed by atoms with Crippen LogP contribution in [0, 0.1) is 0 Å². The van der Waals surface area contributed by atoms with Crippen molar-refractivity contribution in [3.8, 4) is 0 Å². The molecule has 9 heteroatoms. The number of nitrogens with zero attached hydrogens (tertiary/aromatic N) is 3. The Balaban J connectivity index is 1.58. The van der Waals surface area contributed by atoms with Gasteiger partial charge >= 0.3 is 6.18 Å². The third-order valence-electron chi connectivity index (χ3n) is 3.87. The number of pyridine rings is 2. The first-order valence-corrected chi connectivity index (χ1v) is 7.94. The van der Waals surface area contributed by atoms with Gasteiger partial charge in [-0.15, -0.1) is 0 Å². The Morgan fingerprint density at radius 3 is 2.88 bits per heavy atom. The maximum absolute atomic E-state index is 12.6. The van der Waals surface area contributed by atoms with Crippen molar-refractivity contribution in [1.29, 1.82) is 0 Å². The molecule has 0 atom stereocenters. The second kappa shape index (κ2) is 6.87. The molecule has 2 aromatic rings. The van der Waals surface area contributed by atoms with Gasteiger partial charge in [0.2, 0.25) is 5.91 Å². The van der Waals surface area contributed by atoms with Crippen LogP contribution in [-0.2, 0) is 17.4 Å². The van der Waals surface area contributed by atoms with E-state index in [9.17, 15) is 18.0 Å². The van der Waals surface area contributed by atoms with E-state index in [1.165, 1.54) is 0 Å². The first-order valence-electron chi connectivity index (χ1n) is 7.56. The zero-order chi connectivity index (χ0) is 18.0. The standard InChI is InChI=1S/C16H14ClF3N4O/c17-12-7-11(16(18,19)20)9-23-15(12)22-5-2-14(25)24-6-3-10-8-21-4-1-13(10)24/h1,4,7-9H,2-3,5-6H2,(H,22,23). The van der Waals surface area contributed by atoms with Gasteiger partial charge in [0.25, 0.3) is 0 Å². The third kappa shape index (κ3) is 3.84. The quantitative estimate of drug-likeness (QED) is 0.894. The lowest BCUT2D eigenvalue weighted by molar-refractivity contribution is -0.137. The smallest absolute Gasteiger partial charge is 0.368 e. The molecule has 132 valence electrons. The lowest BCUT2D eigenvalue weighted by Crippen LogP contribution is -2.30. The fourth-order valence-electron chi connectivity index (χ4n) is 2.63. The number of nitrogens with one attached hydrogen (secondary N) is 1. The van der Waals surface area contributed by atoms with Gasteiger partial charge in [0.05, 0.1) is 10.6 Å². The molecule has 0 fully saturated rings. The number of amides is 1. The SMILES string of the molecule is O=C(CCNc1ncc(C(F)(F)F)cc1Cl)N1CCc2cnccc21. The summed E-state index contributed by atoms with van der Waals surface area (Å²) in [4.78, 5) is 21.7. The van der Waals surface area contributed by atoms with Gasteiger partial charge in [0, 0.05) is 43.8 Å². The maximum atomic E-state index is 12.6. The minimum absolute atomic E-state index is 0.0829. The van der Waals surface area contributed by atoms with Crippen molar-refractivity contribution >= 4 is 29.0 Å². The van der Waals surface area contributed by atoms with Gasteiger partial charge in [-0.2, -0.15) is 13.2 Å². The Bertz CT molecular complexity index is 797. The van der Waals surface area contributed by atoms with Gasteiger partial charge in [-0.3, -0.25) is 9.78 Å². The molecule has 1 amide bonds. The number of fused-ring (bicyclic) bond motifs is 1. The van der Waals surface area contributed by atoms with Crippen LogP contribution < -0.4 is 10.2 Å². The molecule has 1 aliphatic heterocycles. The highest BCUT2D eigenvalue weighted by Crippen LogP contribution is 2.32. The second-order valence-corrected chi connectivity index (χ2v) is 5.94. The van der Waals surface area contributed by atoms with Crippen LogP contribution in [0.25, 0.3) is 0 Å². The summed E-state index contributed by atoms with van der Waals surface area (Å²) in [6, 6.07) is 2.60. The minimum atomic E-state index is -4.50. The van der Waals surface area contributed by atoms with E-state index in [0.29, 0.717) is 12.7 Å². The number of carbonyl (C=O) groups is 1. The lowest BCUT2D eigenvalue weighted by atomic mass is 10.2. The van der Waals surface area contributed by atoms with E-state index in [2.05, 4.69) is 15.3 Å². The average molecular weight is 371 g/mol. The number of alkyl halides is 3. The van der Waals surface area contributed by atoms with Gasteiger partial charge in [0.1, 0.15) is 5.82 Å². The van der Waals surface area contributed by atoms with Crippen LogP contribution in [-0.4, -0.2) is 29.0 Å². The normalized spacial score (nSPS) is 13.7. The molecule has 0 bridgehead atoms. The van der Waals surface area contributed by atoms with Gasteiger partial charge in [-0.25, -0.2) is 4.98 Å². The summed E-state index contributed by atoms with van der Waals surface area (Å²) >= 11 is 5.82. The fraction of sp³-hybridized carbons (Fsp3) is 0.312. The fourth-order valence-corrected chi connectivity index (χ4v) is 2.87. The predicted octanol–water partition coefficient (Wildman–Crippen LogP) is 3.54. The zero-order valence-corrected chi connectivity index (χ0v) is 13.7. The molecule has 0 aromatic carbocycles. The molecule has 0 aliphatic carbocycles. The predicted molar refractivity (Wildman–Crippen MR) is 87.6 cm³/mol. The van der Waals surface area contributed by atoms with Gasteiger partial charge in [-0.1, -0.05) is 11.6 Å². The summed E-state index contributed by atoms with van der Waals surface area (Å²) < 4.78 is 37.7. The van der Waals surface area contributed by atoms with Crippen LogP contribution >= 0.6 is 11.6 Å². The molecular weight excluding hydrogens is 357 g/mol. The number of hydrogen-bond acceptors (Lipinski definition) is 4. The Morgan fingerprint density at radius 2 is 2.16 bits per heavy atom. The Labute approximate surface area is 146 Å². The van der Waals surface area contributed by atoms with Crippen molar-refractivity contribution in [2.75, 3.05) is 23.3 Å². The highest BCUT2D eigenvalue weighted by atomic mass is 35.5. The van der Waals surface area contributed by atoms with Crippen molar-refractivity contribution in [3.05, 3.63) is 46.9 Å². The van der Waals surface area contributed by atoms with Crippen LogP contribution in [0.2, 0.25) is 5.02 Å². The number of rotatable bonds is 4. The summed E-state index contributed by atoms with van der Waals surface area (Å²) in [6.07, 6.45) is 0.514. The number of aromatic nitrogens is 2. The van der Waals surface area contributed by atoms with Crippen molar-refractivity contribution in [2.24, 2.45) is 0 Å². The monoisotopic (exact) mass is 370 g/mol. The Kier molecular flexibility index (Phi) is 4.80. The van der Waals surface area contributed by atoms with E-state index >= 15 is 0 Å². The van der Waals surface area contributed by atoms with E-state index in [0.717, 1.165) is 23.7 Å². The topological polar surface area (TPSA) is 58.1 Å². The molecule has 0 saturated carbocycles. The van der Waals surface area contributed by atoms with Crippen LogP contribution in [0.4, 0.5) is 24.7 Å². The zero-order valence-electron chi connectivity index (χ0n) is 13.0. The molecule has 0 unspecified atom stereocenters. The van der Waals surface area contributed by atoms with Crippen molar-refractivity contribution in [3.63, 3.8) is 0 Å². The molecule has 1 N–H and O–H groups in total. The summed E-state index contributed by atoms with van der Waals surface area (Å²) in [6.45, 7) is 0.812. The first-order chi connectivity index (χ1) is 11.9. The van der Waals surface area contributed by atoms with Crippen LogP contribution in [0.1, 0.15) is 17.5 Å². The van der Waals surface area contributed by atoms with E-state index in [1.807, 2.05) is 0 Å². The minimum Gasteiger partial charge on any atom is -0.368 e. The van der Waals surface area contributed by atoms with E-state index in [-0.39, 0.29) is 29.7 Å². The largest absolute Gasteiger partial charge is 0.417 e. The van der Waals surface area contributed by atoms with E-state index in [4.69, 9.17) is 11.6 Å². The molecule has 0 radical (unpaired) electrons. The molecule has 0 spiro atoms. The van der Waals surface area contributed by atoms with Crippen LogP contribution in [0.5, 0.6) is 0 Å². The number of carbonyl (C=O) groups excluding carboxylic acids is 1.